The van der Waals surface area contributed by atoms with E-state index in [1.807, 2.05) is 18.0 Å². The van der Waals surface area contributed by atoms with E-state index in [4.69, 9.17) is 4.74 Å². The summed E-state index contributed by atoms with van der Waals surface area (Å²) in [5.41, 5.74) is 1.98. The molecule has 0 radical (unpaired) electrons. The highest BCUT2D eigenvalue weighted by atomic mass is 127. The number of thioether (sulfide) groups is 1. The third kappa shape index (κ3) is 6.28. The second-order valence-corrected chi connectivity index (χ2v) is 6.48. The Hall–Kier alpha value is -1.61. The number of aromatic hydroxyl groups is 1. The van der Waals surface area contributed by atoms with E-state index >= 15 is 0 Å². The highest BCUT2D eigenvalue weighted by Crippen LogP contribution is 2.22. The number of nitrogens with zero attached hydrogens (tertiary/aromatic N) is 2. The molecule has 0 spiro atoms. The summed E-state index contributed by atoms with van der Waals surface area (Å²) in [6.45, 7) is 1.21. The normalized spacial score (nSPS) is 10.8. The minimum Gasteiger partial charge on any atom is -0.508 e. The number of halogens is 1. The van der Waals surface area contributed by atoms with E-state index in [0.29, 0.717) is 12.3 Å². The molecule has 0 unspecified atom stereocenters. The smallest absolute Gasteiger partial charge is 0.193 e. The molecule has 0 atom stereocenters. The van der Waals surface area contributed by atoms with Gasteiger partial charge in [-0.15, -0.1) is 35.7 Å². The van der Waals surface area contributed by atoms with E-state index in [0.717, 1.165) is 18.1 Å². The molecule has 2 aromatic carbocycles. The number of methoxy groups -OCH3 is 1. The van der Waals surface area contributed by atoms with Gasteiger partial charge in [-0.05, 0) is 42.2 Å². The molecule has 7 heteroatoms. The fourth-order valence-electron chi connectivity index (χ4n) is 2.47. The average molecular weight is 487 g/mol. The van der Waals surface area contributed by atoms with E-state index in [2.05, 4.69) is 40.8 Å². The number of rotatable bonds is 6. The van der Waals surface area contributed by atoms with Gasteiger partial charge in [-0.25, -0.2) is 0 Å². The van der Waals surface area contributed by atoms with Crippen molar-refractivity contribution in [2.75, 3.05) is 27.5 Å². The number of phenols is 1. The van der Waals surface area contributed by atoms with Crippen LogP contribution in [0.15, 0.2) is 52.4 Å². The molecule has 5 nitrogen and oxygen atoms in total. The highest BCUT2D eigenvalue weighted by Gasteiger charge is 2.09. The lowest BCUT2D eigenvalue weighted by molar-refractivity contribution is 0.410. The first-order valence-electron chi connectivity index (χ1n) is 7.98. The second kappa shape index (κ2) is 11.2. The monoisotopic (exact) mass is 487 g/mol. The Morgan fingerprint density at radius 3 is 2.50 bits per heavy atom. The van der Waals surface area contributed by atoms with Crippen molar-refractivity contribution in [1.29, 1.82) is 0 Å². The molecule has 0 aliphatic carbocycles. The molecule has 0 aliphatic rings. The van der Waals surface area contributed by atoms with Crippen LogP contribution < -0.4 is 10.1 Å². The topological polar surface area (TPSA) is 57.1 Å². The fraction of sp³-hybridized carbons (Fsp3) is 0.316. The third-order valence-corrected chi connectivity index (χ3v) is 4.62. The number of phenolic OH excluding ortho intramolecular Hbond substituents is 1. The summed E-state index contributed by atoms with van der Waals surface area (Å²) in [5.74, 6) is 1.71. The van der Waals surface area contributed by atoms with Crippen LogP contribution in [0.4, 0.5) is 0 Å². The summed E-state index contributed by atoms with van der Waals surface area (Å²) in [6.07, 6.45) is 2.07. The molecule has 0 aromatic heterocycles. The lowest BCUT2D eigenvalue weighted by Gasteiger charge is -2.22. The van der Waals surface area contributed by atoms with Crippen molar-refractivity contribution in [1.82, 2.24) is 10.2 Å². The van der Waals surface area contributed by atoms with Gasteiger partial charge in [0.25, 0.3) is 0 Å². The number of aliphatic imine (C=N–C) groups is 1. The number of hydrogen-bond donors (Lipinski definition) is 2. The first kappa shape index (κ1) is 22.4. The van der Waals surface area contributed by atoms with Gasteiger partial charge in [-0.1, -0.05) is 12.1 Å². The van der Waals surface area contributed by atoms with Crippen LogP contribution in [0.2, 0.25) is 0 Å². The predicted molar refractivity (Wildman–Crippen MR) is 120 cm³/mol. The van der Waals surface area contributed by atoms with Gasteiger partial charge in [0.15, 0.2) is 5.96 Å². The number of nitrogens with one attached hydrogen (secondary N) is 1. The van der Waals surface area contributed by atoms with Crippen LogP contribution in [0, 0.1) is 0 Å². The Labute approximate surface area is 176 Å². The van der Waals surface area contributed by atoms with Crippen molar-refractivity contribution in [3.63, 3.8) is 0 Å². The molecule has 0 aliphatic heterocycles. The van der Waals surface area contributed by atoms with E-state index < -0.39 is 0 Å². The van der Waals surface area contributed by atoms with E-state index in [9.17, 15) is 5.11 Å². The van der Waals surface area contributed by atoms with Gasteiger partial charge in [-0.3, -0.25) is 4.99 Å². The van der Waals surface area contributed by atoms with Gasteiger partial charge >= 0.3 is 0 Å². The Morgan fingerprint density at radius 2 is 1.92 bits per heavy atom. The van der Waals surface area contributed by atoms with Crippen molar-refractivity contribution >= 4 is 41.7 Å². The summed E-state index contributed by atoms with van der Waals surface area (Å²) in [5, 5.41) is 13.3. The minimum atomic E-state index is 0. The third-order valence-electron chi connectivity index (χ3n) is 3.88. The van der Waals surface area contributed by atoms with Crippen LogP contribution >= 0.6 is 35.7 Å². The molecule has 2 N–H and O–H groups in total. The number of benzene rings is 2. The minimum absolute atomic E-state index is 0. The van der Waals surface area contributed by atoms with Gasteiger partial charge in [0.2, 0.25) is 0 Å². The largest absolute Gasteiger partial charge is 0.508 e. The molecule has 0 saturated heterocycles. The van der Waals surface area contributed by atoms with Crippen LogP contribution in [0.5, 0.6) is 11.5 Å². The molecule has 0 bridgehead atoms. The summed E-state index contributed by atoms with van der Waals surface area (Å²) < 4.78 is 5.21. The molecular formula is C19H26IN3O2S. The zero-order valence-corrected chi connectivity index (χ0v) is 18.7. The van der Waals surface area contributed by atoms with E-state index in [1.165, 1.54) is 10.5 Å². The first-order chi connectivity index (χ1) is 12.1. The molecule has 2 rings (SSSR count). The van der Waals surface area contributed by atoms with Crippen LogP contribution in [-0.4, -0.2) is 43.4 Å². The van der Waals surface area contributed by atoms with E-state index in [-0.39, 0.29) is 29.7 Å². The first-order valence-corrected chi connectivity index (χ1v) is 9.20. The molecule has 142 valence electrons. The molecule has 2 aromatic rings. The zero-order valence-electron chi connectivity index (χ0n) is 15.5. The lowest BCUT2D eigenvalue weighted by Crippen LogP contribution is -2.38. The maximum atomic E-state index is 9.99. The van der Waals surface area contributed by atoms with Gasteiger partial charge in [0, 0.05) is 37.6 Å². The second-order valence-electron chi connectivity index (χ2n) is 5.60. The highest BCUT2D eigenvalue weighted by molar-refractivity contribution is 14.0. The summed E-state index contributed by atoms with van der Waals surface area (Å²) in [7, 11) is 5.35. The van der Waals surface area contributed by atoms with Gasteiger partial charge in [0.1, 0.15) is 11.5 Å². The molecule has 0 saturated carbocycles. The van der Waals surface area contributed by atoms with Crippen molar-refractivity contribution < 1.29 is 9.84 Å². The van der Waals surface area contributed by atoms with Crippen molar-refractivity contribution in [2.45, 2.75) is 18.0 Å². The quantitative estimate of drug-likeness (QED) is 0.280. The van der Waals surface area contributed by atoms with Crippen molar-refractivity contribution in [3.05, 3.63) is 53.6 Å². The number of guanidine groups is 1. The Morgan fingerprint density at radius 1 is 1.23 bits per heavy atom. The summed E-state index contributed by atoms with van der Waals surface area (Å²) in [6, 6.07) is 13.7. The zero-order chi connectivity index (χ0) is 18.2. The Balaban J connectivity index is 0.00000338. The Kier molecular flexibility index (Phi) is 9.64. The lowest BCUT2D eigenvalue weighted by atomic mass is 10.2. The van der Waals surface area contributed by atoms with Gasteiger partial charge in [-0.2, -0.15) is 0 Å². The summed E-state index contributed by atoms with van der Waals surface area (Å²) in [4.78, 5) is 7.62. The molecule has 0 amide bonds. The molecular weight excluding hydrogens is 461 g/mol. The van der Waals surface area contributed by atoms with Crippen molar-refractivity contribution in [2.24, 2.45) is 4.99 Å². The number of ether oxygens (including phenoxy) is 1. The maximum absolute atomic E-state index is 9.99. The maximum Gasteiger partial charge on any atom is 0.193 e. The molecule has 26 heavy (non-hydrogen) atoms. The van der Waals surface area contributed by atoms with Crippen LogP contribution in [0.3, 0.4) is 0 Å². The molecule has 0 fully saturated rings. The SMILES string of the molecule is CN=C(NCc1cc(OC)ccc1O)N(C)Cc1ccc(SC)cc1.I. The van der Waals surface area contributed by atoms with Crippen LogP contribution in [0.25, 0.3) is 0 Å². The fourth-order valence-corrected chi connectivity index (χ4v) is 2.88. The van der Waals surface area contributed by atoms with Crippen LogP contribution in [-0.2, 0) is 13.1 Å². The van der Waals surface area contributed by atoms with Crippen LogP contribution in [0.1, 0.15) is 11.1 Å². The average Bonchev–Trinajstić information content (AvgIpc) is 2.64. The summed E-state index contributed by atoms with van der Waals surface area (Å²) >= 11 is 1.73. The predicted octanol–water partition coefficient (Wildman–Crippen LogP) is 3.95. The van der Waals surface area contributed by atoms with Gasteiger partial charge < -0.3 is 20.1 Å². The van der Waals surface area contributed by atoms with Crippen molar-refractivity contribution in [3.8, 4) is 11.5 Å². The molecule has 0 heterocycles. The Bertz CT molecular complexity index is 723. The van der Waals surface area contributed by atoms with E-state index in [1.54, 1.807) is 38.1 Å². The van der Waals surface area contributed by atoms with Gasteiger partial charge in [0.05, 0.1) is 7.11 Å². The standard InChI is InChI=1S/C19H25N3O2S.HI/c1-20-19(21-12-15-11-16(24-3)7-10-18(15)23)22(2)13-14-5-8-17(25-4)9-6-14;/h5-11,23H,12-13H2,1-4H3,(H,20,21);1H. The number of hydrogen-bond acceptors (Lipinski definition) is 4.